The fraction of sp³-hybridized carbons (Fsp3) is 0.300. The first kappa shape index (κ1) is 21.1. The maximum absolute atomic E-state index is 12.6. The van der Waals surface area contributed by atoms with Crippen molar-refractivity contribution in [3.63, 3.8) is 0 Å². The number of carbonyl (C=O) groups excluding carboxylic acids is 2. The van der Waals surface area contributed by atoms with Gasteiger partial charge in [-0.1, -0.05) is 35.9 Å². The predicted octanol–water partition coefficient (Wildman–Crippen LogP) is 3.52. The Morgan fingerprint density at radius 1 is 1.15 bits per heavy atom. The lowest BCUT2D eigenvalue weighted by molar-refractivity contribution is -0.123. The van der Waals surface area contributed by atoms with Gasteiger partial charge < -0.3 is 15.4 Å². The van der Waals surface area contributed by atoms with E-state index in [4.69, 9.17) is 16.3 Å². The maximum Gasteiger partial charge on any atom is 0.255 e. The number of halogens is 1. The van der Waals surface area contributed by atoms with Gasteiger partial charge in [-0.05, 0) is 48.3 Å². The molecule has 0 saturated heterocycles. The quantitative estimate of drug-likeness (QED) is 0.668. The average molecular weight is 407 g/mol. The van der Waals surface area contributed by atoms with Crippen LogP contribution in [-0.2, 0) is 11.3 Å². The molecule has 0 aromatic heterocycles. The van der Waals surface area contributed by atoms with Gasteiger partial charge in [-0.3, -0.25) is 9.59 Å². The van der Waals surface area contributed by atoms with Gasteiger partial charge in [0.05, 0.1) is 12.7 Å². The topological polar surface area (TPSA) is 67.4 Å². The van der Waals surface area contributed by atoms with Crippen molar-refractivity contribution < 1.29 is 14.3 Å². The van der Waals surface area contributed by atoms with Crippen molar-refractivity contribution in [2.45, 2.75) is 19.0 Å². The summed E-state index contributed by atoms with van der Waals surface area (Å²) in [6, 6.07) is 13.6. The number of hydrogen-bond donors (Lipinski definition) is 2. The molecule has 0 fully saturated rings. The van der Waals surface area contributed by atoms with Crippen molar-refractivity contribution in [2.75, 3.05) is 19.1 Å². The van der Waals surface area contributed by atoms with Gasteiger partial charge in [-0.25, -0.2) is 0 Å². The number of amides is 2. The van der Waals surface area contributed by atoms with Crippen molar-refractivity contribution in [1.82, 2.24) is 10.6 Å². The van der Waals surface area contributed by atoms with Crippen molar-refractivity contribution in [3.8, 4) is 5.75 Å². The molecule has 7 heteroatoms. The van der Waals surface area contributed by atoms with E-state index < -0.39 is 6.04 Å². The first-order valence-electron chi connectivity index (χ1n) is 8.50. The summed E-state index contributed by atoms with van der Waals surface area (Å²) in [5, 5.41) is 6.34. The van der Waals surface area contributed by atoms with Gasteiger partial charge in [-0.15, -0.1) is 0 Å². The van der Waals surface area contributed by atoms with Crippen LogP contribution in [0.25, 0.3) is 0 Å². The molecule has 2 amide bonds. The number of rotatable bonds is 9. The Bertz CT molecular complexity index is 768. The van der Waals surface area contributed by atoms with E-state index in [0.29, 0.717) is 29.3 Å². The molecule has 0 spiro atoms. The van der Waals surface area contributed by atoms with Gasteiger partial charge in [0.15, 0.2) is 0 Å². The van der Waals surface area contributed by atoms with E-state index in [1.165, 1.54) is 7.11 Å². The Labute approximate surface area is 168 Å². The number of ether oxygens (including phenoxy) is 1. The molecule has 0 radical (unpaired) electrons. The molecular formula is C20H23ClN2O3S. The molecule has 2 aromatic carbocycles. The lowest BCUT2D eigenvalue weighted by Crippen LogP contribution is -2.47. The number of methoxy groups -OCH3 is 1. The number of benzene rings is 2. The maximum atomic E-state index is 12.6. The van der Waals surface area contributed by atoms with Crippen LogP contribution in [0.2, 0.25) is 5.02 Å². The Hall–Kier alpha value is -2.18. The molecule has 0 bridgehead atoms. The number of para-hydroxylation sites is 1. The van der Waals surface area contributed by atoms with Crippen molar-refractivity contribution in [2.24, 2.45) is 0 Å². The van der Waals surface area contributed by atoms with Crippen LogP contribution >= 0.6 is 23.4 Å². The Balaban J connectivity index is 2.03. The van der Waals surface area contributed by atoms with E-state index in [0.717, 1.165) is 11.3 Å². The van der Waals surface area contributed by atoms with Crippen molar-refractivity contribution >= 4 is 35.2 Å². The minimum atomic E-state index is -0.623. The highest BCUT2D eigenvalue weighted by molar-refractivity contribution is 7.98. The highest BCUT2D eigenvalue weighted by Crippen LogP contribution is 2.17. The Kier molecular flexibility index (Phi) is 8.48. The largest absolute Gasteiger partial charge is 0.496 e. The SMILES string of the molecule is COc1ccccc1C(=O)N[C@@H](CCSC)C(=O)NCc1ccc(Cl)cc1. The molecule has 27 heavy (non-hydrogen) atoms. The zero-order valence-corrected chi connectivity index (χ0v) is 16.9. The minimum absolute atomic E-state index is 0.220. The van der Waals surface area contributed by atoms with E-state index in [9.17, 15) is 9.59 Å². The zero-order chi connectivity index (χ0) is 19.6. The van der Waals surface area contributed by atoms with Crippen LogP contribution < -0.4 is 15.4 Å². The normalized spacial score (nSPS) is 11.5. The molecule has 144 valence electrons. The summed E-state index contributed by atoms with van der Waals surface area (Å²) in [4.78, 5) is 25.2. The summed E-state index contributed by atoms with van der Waals surface area (Å²) in [5.74, 6) is 0.674. The van der Waals surface area contributed by atoms with E-state index in [1.807, 2.05) is 18.4 Å². The Morgan fingerprint density at radius 2 is 1.85 bits per heavy atom. The molecule has 2 N–H and O–H groups in total. The smallest absolute Gasteiger partial charge is 0.255 e. The lowest BCUT2D eigenvalue weighted by Gasteiger charge is -2.19. The summed E-state index contributed by atoms with van der Waals surface area (Å²) in [6.45, 7) is 0.371. The van der Waals surface area contributed by atoms with E-state index in [-0.39, 0.29) is 11.8 Å². The van der Waals surface area contributed by atoms with Crippen LogP contribution in [0.3, 0.4) is 0 Å². The highest BCUT2D eigenvalue weighted by atomic mass is 35.5. The minimum Gasteiger partial charge on any atom is -0.496 e. The molecule has 1 atom stereocenters. The van der Waals surface area contributed by atoms with Gasteiger partial charge in [0.1, 0.15) is 11.8 Å². The number of hydrogen-bond acceptors (Lipinski definition) is 4. The molecule has 5 nitrogen and oxygen atoms in total. The summed E-state index contributed by atoms with van der Waals surface area (Å²) in [7, 11) is 1.51. The van der Waals surface area contributed by atoms with E-state index in [2.05, 4.69) is 10.6 Å². The molecule has 0 aliphatic carbocycles. The number of nitrogens with one attached hydrogen (secondary N) is 2. The molecule has 0 heterocycles. The molecule has 0 aliphatic rings. The van der Waals surface area contributed by atoms with Gasteiger partial charge >= 0.3 is 0 Å². The van der Waals surface area contributed by atoms with Gasteiger partial charge in [-0.2, -0.15) is 11.8 Å². The van der Waals surface area contributed by atoms with Gasteiger partial charge in [0.25, 0.3) is 5.91 Å². The first-order valence-corrected chi connectivity index (χ1v) is 10.3. The molecule has 0 unspecified atom stereocenters. The number of thioether (sulfide) groups is 1. The van der Waals surface area contributed by atoms with Crippen LogP contribution in [0.15, 0.2) is 48.5 Å². The predicted molar refractivity (Wildman–Crippen MR) is 111 cm³/mol. The monoisotopic (exact) mass is 406 g/mol. The third-order valence-corrected chi connectivity index (χ3v) is 4.86. The second kappa shape index (κ2) is 10.8. The first-order chi connectivity index (χ1) is 13.0. The molecule has 0 aliphatic heterocycles. The highest BCUT2D eigenvalue weighted by Gasteiger charge is 2.22. The molecule has 2 rings (SSSR count). The van der Waals surface area contributed by atoms with Crippen molar-refractivity contribution in [1.29, 1.82) is 0 Å². The second-order valence-corrected chi connectivity index (χ2v) is 7.27. The van der Waals surface area contributed by atoms with Crippen LogP contribution in [0.4, 0.5) is 0 Å². The zero-order valence-electron chi connectivity index (χ0n) is 15.3. The van der Waals surface area contributed by atoms with Crippen LogP contribution in [0.1, 0.15) is 22.3 Å². The standard InChI is InChI=1S/C20H23ClN2O3S/c1-26-18-6-4-3-5-16(18)19(24)23-17(11-12-27-2)20(25)22-13-14-7-9-15(21)10-8-14/h3-10,17H,11-13H2,1-2H3,(H,22,25)(H,23,24)/t17-/m0/s1. The van der Waals surface area contributed by atoms with Crippen LogP contribution in [-0.4, -0.2) is 37.0 Å². The summed E-state index contributed by atoms with van der Waals surface area (Å²) >= 11 is 7.50. The summed E-state index contributed by atoms with van der Waals surface area (Å²) in [5.41, 5.74) is 1.34. The van der Waals surface area contributed by atoms with Crippen LogP contribution in [0.5, 0.6) is 5.75 Å². The summed E-state index contributed by atoms with van der Waals surface area (Å²) in [6.07, 6.45) is 2.50. The Morgan fingerprint density at radius 3 is 2.52 bits per heavy atom. The van der Waals surface area contributed by atoms with Gasteiger partial charge in [0.2, 0.25) is 5.91 Å². The molecule has 0 saturated carbocycles. The van der Waals surface area contributed by atoms with Crippen LogP contribution in [0, 0.1) is 0 Å². The molecule has 2 aromatic rings. The third-order valence-electron chi connectivity index (χ3n) is 3.96. The second-order valence-electron chi connectivity index (χ2n) is 5.85. The fourth-order valence-electron chi connectivity index (χ4n) is 2.49. The lowest BCUT2D eigenvalue weighted by atomic mass is 10.1. The van der Waals surface area contributed by atoms with E-state index in [1.54, 1.807) is 48.2 Å². The summed E-state index contributed by atoms with van der Waals surface area (Å²) < 4.78 is 5.23. The van der Waals surface area contributed by atoms with Crippen molar-refractivity contribution in [3.05, 3.63) is 64.7 Å². The fourth-order valence-corrected chi connectivity index (χ4v) is 3.08. The van der Waals surface area contributed by atoms with E-state index >= 15 is 0 Å². The average Bonchev–Trinajstić information content (AvgIpc) is 2.70. The van der Waals surface area contributed by atoms with Gasteiger partial charge in [0, 0.05) is 11.6 Å². The number of carbonyl (C=O) groups is 2. The molecular weight excluding hydrogens is 384 g/mol. The third kappa shape index (κ3) is 6.48.